The van der Waals surface area contributed by atoms with Crippen molar-refractivity contribution >= 4 is 37.4 Å². The van der Waals surface area contributed by atoms with Gasteiger partial charge in [-0.05, 0) is 49.1 Å². The highest BCUT2D eigenvalue weighted by atomic mass is 28.3. The average Bonchev–Trinajstić information content (AvgIpc) is 3.29. The quantitative estimate of drug-likeness (QED) is 0.214. The van der Waals surface area contributed by atoms with Crippen LogP contribution in [-0.2, 0) is 9.53 Å². The average molecular weight is 561 g/mol. The van der Waals surface area contributed by atoms with Crippen molar-refractivity contribution in [3.63, 3.8) is 0 Å². The first-order valence-corrected chi connectivity index (χ1v) is 17.9. The van der Waals surface area contributed by atoms with E-state index in [1.165, 1.54) is 0 Å². The topological polar surface area (TPSA) is 107 Å². The molecule has 1 unspecified atom stereocenters. The lowest BCUT2D eigenvalue weighted by atomic mass is 10.0. The van der Waals surface area contributed by atoms with Crippen LogP contribution < -0.4 is 10.1 Å². The molecule has 3 aromatic rings. The number of ether oxygens (including phenoxy) is 2. The summed E-state index contributed by atoms with van der Waals surface area (Å²) in [7, 11) is -1.12. The first-order chi connectivity index (χ1) is 19.2. The molecule has 3 aliphatic rings. The fourth-order valence-corrected chi connectivity index (χ4v) is 5.85. The lowest BCUT2D eigenvalue weighted by Gasteiger charge is -2.20. The number of carbonyl (C=O) groups excluding carboxylic acids is 1. The fourth-order valence-electron chi connectivity index (χ4n) is 5.09. The Hall–Kier alpha value is -3.44. The molecule has 1 aliphatic carbocycles. The van der Waals surface area contributed by atoms with Crippen molar-refractivity contribution in [2.75, 3.05) is 19.9 Å². The van der Waals surface area contributed by atoms with Gasteiger partial charge in [0, 0.05) is 44.8 Å². The van der Waals surface area contributed by atoms with Crippen LogP contribution >= 0.6 is 0 Å². The number of rotatable bonds is 11. The molecule has 0 bridgehead atoms. The van der Waals surface area contributed by atoms with Gasteiger partial charge in [-0.1, -0.05) is 24.3 Å². The van der Waals surface area contributed by atoms with Crippen LogP contribution in [0.25, 0.3) is 22.3 Å². The zero-order chi connectivity index (χ0) is 27.9. The molecule has 10 nitrogen and oxygen atoms in total. The third-order valence-corrected chi connectivity index (χ3v) is 9.48. The number of fused-ring (bicyclic) bond motifs is 1. The molecule has 5 heterocycles. The molecular weight excluding hydrogens is 522 g/mol. The maximum absolute atomic E-state index is 11.8. The summed E-state index contributed by atoms with van der Waals surface area (Å²) in [6.45, 7) is 10.9. The Bertz CT molecular complexity index is 1470. The number of pyridine rings is 2. The molecule has 0 aromatic carbocycles. The second-order valence-electron chi connectivity index (χ2n) is 12.4. The largest absolute Gasteiger partial charge is 0.473 e. The van der Waals surface area contributed by atoms with Crippen molar-refractivity contribution in [3.05, 3.63) is 36.4 Å². The Labute approximate surface area is 235 Å². The molecule has 210 valence electrons. The maximum atomic E-state index is 11.8. The first kappa shape index (κ1) is 26.8. The van der Waals surface area contributed by atoms with Crippen molar-refractivity contribution in [3.8, 4) is 17.1 Å². The summed E-state index contributed by atoms with van der Waals surface area (Å²) >= 11 is 0. The van der Waals surface area contributed by atoms with E-state index in [4.69, 9.17) is 19.4 Å². The number of hydrogen-bond acceptors (Lipinski definition) is 7. The zero-order valence-electron chi connectivity index (χ0n) is 23.7. The van der Waals surface area contributed by atoms with Crippen LogP contribution in [0.4, 0.5) is 0 Å². The van der Waals surface area contributed by atoms with E-state index < -0.39 is 8.07 Å². The van der Waals surface area contributed by atoms with Gasteiger partial charge in [-0.15, -0.1) is 0 Å². The van der Waals surface area contributed by atoms with E-state index >= 15 is 0 Å². The van der Waals surface area contributed by atoms with Gasteiger partial charge in [0.25, 0.3) is 6.73 Å². The van der Waals surface area contributed by atoms with Crippen LogP contribution in [0.3, 0.4) is 0 Å². The van der Waals surface area contributed by atoms with Gasteiger partial charge >= 0.3 is 0 Å². The Morgan fingerprint density at radius 1 is 1.23 bits per heavy atom. The van der Waals surface area contributed by atoms with Crippen LogP contribution in [0.1, 0.15) is 43.8 Å². The maximum Gasteiger partial charge on any atom is 0.278 e. The van der Waals surface area contributed by atoms with E-state index in [0.29, 0.717) is 31.6 Å². The smallest absolute Gasteiger partial charge is 0.278 e. The lowest BCUT2D eigenvalue weighted by molar-refractivity contribution is -0.566. The first-order valence-electron chi connectivity index (χ1n) is 14.2. The predicted molar refractivity (Wildman–Crippen MR) is 157 cm³/mol. The highest BCUT2D eigenvalue weighted by Crippen LogP contribution is 2.40. The molecule has 2 aliphatic heterocycles. The summed E-state index contributed by atoms with van der Waals surface area (Å²) < 4.78 is 16.4. The second-order valence-corrected chi connectivity index (χ2v) is 18.0. The predicted octanol–water partition coefficient (Wildman–Crippen LogP) is 4.21. The number of aromatic nitrogens is 4. The molecule has 3 atom stereocenters. The van der Waals surface area contributed by atoms with Crippen molar-refractivity contribution in [2.24, 2.45) is 11.0 Å². The number of nitrogens with one attached hydrogen (secondary N) is 1. The highest BCUT2D eigenvalue weighted by Gasteiger charge is 2.31. The van der Waals surface area contributed by atoms with Gasteiger partial charge in [-0.2, -0.15) is 0 Å². The van der Waals surface area contributed by atoms with Gasteiger partial charge in [0.05, 0.1) is 36.1 Å². The summed E-state index contributed by atoms with van der Waals surface area (Å²) in [5.74, 6) is 0.709. The molecule has 6 rings (SSSR count). The van der Waals surface area contributed by atoms with E-state index in [-0.39, 0.29) is 23.8 Å². The van der Waals surface area contributed by atoms with E-state index in [9.17, 15) is 4.79 Å². The monoisotopic (exact) mass is 560 g/mol. The third kappa shape index (κ3) is 6.00. The summed E-state index contributed by atoms with van der Waals surface area (Å²) in [6.07, 6.45) is 10.2. The summed E-state index contributed by atoms with van der Waals surface area (Å²) in [6, 6.07) is 7.62. The summed E-state index contributed by atoms with van der Waals surface area (Å²) in [5, 5.41) is 7.42. The SMILES string of the molecule is C[C@@H](Oc1nc(-c2ccnc(C3C=N[N+](COCC[Si](C)(C)C)=C3)c2)cc2ncn(C3CC3)c12)[C@H]1CNC(=O)C1. The minimum atomic E-state index is -1.12. The molecule has 0 radical (unpaired) electrons. The Morgan fingerprint density at radius 3 is 2.83 bits per heavy atom. The Balaban J connectivity index is 1.24. The number of hydrogen-bond donors (Lipinski definition) is 1. The molecule has 11 heteroatoms. The van der Waals surface area contributed by atoms with Gasteiger partial charge in [0.15, 0.2) is 6.21 Å². The van der Waals surface area contributed by atoms with Crippen molar-refractivity contribution in [2.45, 2.75) is 69.9 Å². The van der Waals surface area contributed by atoms with Gasteiger partial charge < -0.3 is 19.4 Å². The van der Waals surface area contributed by atoms with Gasteiger partial charge in [0.2, 0.25) is 11.8 Å². The van der Waals surface area contributed by atoms with Gasteiger partial charge in [-0.3, -0.25) is 9.78 Å². The molecule has 40 heavy (non-hydrogen) atoms. The number of nitrogens with zero attached hydrogens (tertiary/aromatic N) is 6. The number of imidazole rings is 1. The van der Waals surface area contributed by atoms with E-state index in [1.807, 2.05) is 48.7 Å². The molecule has 0 spiro atoms. The highest BCUT2D eigenvalue weighted by molar-refractivity contribution is 6.76. The van der Waals surface area contributed by atoms with Crippen LogP contribution in [0.15, 0.2) is 35.8 Å². The molecule has 3 aromatic heterocycles. The number of amides is 1. The Kier molecular flexibility index (Phi) is 7.26. The molecule has 1 saturated carbocycles. The lowest BCUT2D eigenvalue weighted by Crippen LogP contribution is -2.26. The number of hydrazone groups is 1. The van der Waals surface area contributed by atoms with E-state index in [1.54, 1.807) is 0 Å². The van der Waals surface area contributed by atoms with Crippen molar-refractivity contribution in [1.29, 1.82) is 0 Å². The third-order valence-electron chi connectivity index (χ3n) is 7.78. The molecule has 2 fully saturated rings. The summed E-state index contributed by atoms with van der Waals surface area (Å²) in [4.78, 5) is 26.2. The standard InChI is InChI=1S/C29H37N7O3Si/c1-19(21-12-27(37)31-14-21)39-29-28-26(32-17-36(28)23-5-6-23)13-25(34-29)20-7-8-30-24(11-20)22-15-33-35(16-22)18-38-9-10-40(2,3)4/h7-8,11,13,15-17,19,21-23H,5-6,9-10,12,14,18H2,1-4H3/p+1/t19-,21-,22?/m1/s1. The van der Waals surface area contributed by atoms with Crippen LogP contribution in [0, 0.1) is 5.92 Å². The molecule has 1 amide bonds. The molecule has 1 N–H and O–H groups in total. The van der Waals surface area contributed by atoms with E-state index in [0.717, 1.165) is 53.5 Å². The van der Waals surface area contributed by atoms with Gasteiger partial charge in [-0.25, -0.2) is 9.97 Å². The minimum absolute atomic E-state index is 0.0403. The normalized spacial score (nSPS) is 21.6. The van der Waals surface area contributed by atoms with Crippen molar-refractivity contribution < 1.29 is 19.0 Å². The fraction of sp³-hybridized carbons (Fsp3) is 0.517. The van der Waals surface area contributed by atoms with E-state index in [2.05, 4.69) is 45.7 Å². The van der Waals surface area contributed by atoms with Crippen LogP contribution in [0.2, 0.25) is 25.7 Å². The van der Waals surface area contributed by atoms with Crippen molar-refractivity contribution in [1.82, 2.24) is 24.8 Å². The van der Waals surface area contributed by atoms with Crippen LogP contribution in [-0.4, -0.2) is 76.6 Å². The zero-order valence-corrected chi connectivity index (χ0v) is 24.7. The second kappa shape index (κ2) is 10.9. The van der Waals surface area contributed by atoms with Crippen LogP contribution in [0.5, 0.6) is 5.88 Å². The number of carbonyl (C=O) groups is 1. The Morgan fingerprint density at radius 2 is 2.08 bits per heavy atom. The summed E-state index contributed by atoms with van der Waals surface area (Å²) in [5.41, 5.74) is 4.39. The minimum Gasteiger partial charge on any atom is -0.473 e. The van der Waals surface area contributed by atoms with Gasteiger partial charge in [0.1, 0.15) is 17.5 Å². The molecular formula is C29H38N7O3Si+. The molecule has 1 saturated heterocycles.